The van der Waals surface area contributed by atoms with Crippen LogP contribution in [0.5, 0.6) is 0 Å². The van der Waals surface area contributed by atoms with Crippen LogP contribution in [0.15, 0.2) is 60.8 Å². The lowest BCUT2D eigenvalue weighted by molar-refractivity contribution is -0.139. The first-order valence-corrected chi connectivity index (χ1v) is 11.8. The van der Waals surface area contributed by atoms with Crippen LogP contribution in [0.3, 0.4) is 0 Å². The first-order chi connectivity index (χ1) is 16.4. The summed E-state index contributed by atoms with van der Waals surface area (Å²) in [7, 11) is 0. The fraction of sp³-hybridized carbons (Fsp3) is 0.370. The molecular weight excluding hydrogens is 428 g/mol. The van der Waals surface area contributed by atoms with Gasteiger partial charge in [0.1, 0.15) is 6.54 Å². The zero-order chi connectivity index (χ0) is 24.1. The van der Waals surface area contributed by atoms with E-state index in [-0.39, 0.29) is 30.4 Å². The average Bonchev–Trinajstić information content (AvgIpc) is 3.49. The quantitative estimate of drug-likeness (QED) is 0.539. The number of nitrogens with one attached hydrogen (secondary N) is 1. The number of anilines is 1. The van der Waals surface area contributed by atoms with E-state index in [4.69, 9.17) is 9.72 Å². The van der Waals surface area contributed by atoms with Gasteiger partial charge in [-0.2, -0.15) is 0 Å². The van der Waals surface area contributed by atoms with Crippen molar-refractivity contribution in [3.8, 4) is 16.9 Å². The third kappa shape index (κ3) is 5.72. The summed E-state index contributed by atoms with van der Waals surface area (Å²) in [6.07, 6.45) is 3.78. The molecule has 2 amide bonds. The summed E-state index contributed by atoms with van der Waals surface area (Å²) >= 11 is 0. The van der Waals surface area contributed by atoms with Crippen LogP contribution in [0.4, 0.5) is 5.95 Å². The number of amides is 2. The van der Waals surface area contributed by atoms with Gasteiger partial charge in [0.15, 0.2) is 0 Å². The molecule has 2 aromatic carbocycles. The predicted octanol–water partition coefficient (Wildman–Crippen LogP) is 4.45. The van der Waals surface area contributed by atoms with E-state index in [0.717, 1.165) is 35.3 Å². The summed E-state index contributed by atoms with van der Waals surface area (Å²) in [5.74, 6) is -0.127. The van der Waals surface area contributed by atoms with Gasteiger partial charge < -0.3 is 9.64 Å². The Labute approximate surface area is 200 Å². The SMILES string of the molecule is Cc1ccc(-n2cc(-c3ccccc3)nc2NC(=O)CN(C[C@H]2CCCO2)C(=O)C(C)C)cc1. The van der Waals surface area contributed by atoms with E-state index in [2.05, 4.69) is 5.32 Å². The number of aromatic nitrogens is 2. The van der Waals surface area contributed by atoms with Gasteiger partial charge in [-0.3, -0.25) is 19.5 Å². The van der Waals surface area contributed by atoms with Gasteiger partial charge in [0, 0.05) is 36.5 Å². The number of carbonyl (C=O) groups is 2. The summed E-state index contributed by atoms with van der Waals surface area (Å²) in [4.78, 5) is 32.2. The summed E-state index contributed by atoms with van der Waals surface area (Å²) in [6.45, 7) is 6.81. The molecule has 0 spiro atoms. The van der Waals surface area contributed by atoms with Crippen molar-refractivity contribution in [2.24, 2.45) is 5.92 Å². The Morgan fingerprint density at radius 2 is 1.88 bits per heavy atom. The number of rotatable bonds is 8. The number of benzene rings is 2. The molecule has 4 rings (SSSR count). The van der Waals surface area contributed by atoms with Crippen molar-refractivity contribution < 1.29 is 14.3 Å². The monoisotopic (exact) mass is 460 g/mol. The standard InChI is InChI=1S/C27H32N4O3/c1-19(2)26(33)30(16-23-10-7-15-34-23)18-25(32)29-27-28-24(21-8-5-4-6-9-21)17-31(27)22-13-11-20(3)12-14-22/h4-6,8-9,11-14,17,19,23H,7,10,15-16,18H2,1-3H3,(H,28,29,32)/t23-/m1/s1. The Morgan fingerprint density at radius 3 is 2.53 bits per heavy atom. The molecule has 3 aromatic rings. The molecule has 0 aliphatic carbocycles. The second kappa shape index (κ2) is 10.7. The number of aryl methyl sites for hydroxylation is 1. The highest BCUT2D eigenvalue weighted by molar-refractivity contribution is 5.94. The number of imidazole rings is 1. The average molecular weight is 461 g/mol. The molecule has 1 atom stereocenters. The highest BCUT2D eigenvalue weighted by atomic mass is 16.5. The molecule has 1 aliphatic heterocycles. The summed E-state index contributed by atoms with van der Waals surface area (Å²) in [6, 6.07) is 17.9. The molecule has 1 aliphatic rings. The number of hydrogen-bond donors (Lipinski definition) is 1. The summed E-state index contributed by atoms with van der Waals surface area (Å²) in [5, 5.41) is 2.94. The Hall–Kier alpha value is -3.45. The first kappa shape index (κ1) is 23.7. The van der Waals surface area contributed by atoms with E-state index >= 15 is 0 Å². The van der Waals surface area contributed by atoms with Crippen molar-refractivity contribution in [2.45, 2.75) is 39.7 Å². The van der Waals surface area contributed by atoms with Crippen molar-refractivity contribution in [3.05, 3.63) is 66.4 Å². The lowest BCUT2D eigenvalue weighted by atomic mass is 10.1. The van der Waals surface area contributed by atoms with Gasteiger partial charge >= 0.3 is 0 Å². The molecular formula is C27H32N4O3. The minimum atomic E-state index is -0.287. The van der Waals surface area contributed by atoms with E-state index in [1.165, 1.54) is 0 Å². The number of nitrogens with zero attached hydrogens (tertiary/aromatic N) is 3. The van der Waals surface area contributed by atoms with Crippen LogP contribution in [0, 0.1) is 12.8 Å². The third-order valence-corrected chi connectivity index (χ3v) is 5.93. The predicted molar refractivity (Wildman–Crippen MR) is 133 cm³/mol. The van der Waals surface area contributed by atoms with Crippen molar-refractivity contribution in [1.29, 1.82) is 0 Å². The second-order valence-corrected chi connectivity index (χ2v) is 9.08. The maximum Gasteiger partial charge on any atom is 0.246 e. The van der Waals surface area contributed by atoms with Crippen LogP contribution < -0.4 is 5.32 Å². The Morgan fingerprint density at radius 1 is 1.15 bits per heavy atom. The van der Waals surface area contributed by atoms with Crippen LogP contribution >= 0.6 is 0 Å². The fourth-order valence-corrected chi connectivity index (χ4v) is 4.09. The lowest BCUT2D eigenvalue weighted by Gasteiger charge is -2.26. The van der Waals surface area contributed by atoms with E-state index < -0.39 is 0 Å². The van der Waals surface area contributed by atoms with Gasteiger partial charge in [0.05, 0.1) is 11.8 Å². The van der Waals surface area contributed by atoms with Crippen molar-refractivity contribution in [2.75, 3.05) is 25.0 Å². The maximum atomic E-state index is 13.1. The van der Waals surface area contributed by atoms with Crippen LogP contribution in [0.1, 0.15) is 32.3 Å². The van der Waals surface area contributed by atoms with E-state index in [1.807, 2.05) is 86.1 Å². The largest absolute Gasteiger partial charge is 0.376 e. The zero-order valence-electron chi connectivity index (χ0n) is 20.0. The number of carbonyl (C=O) groups excluding carboxylic acids is 2. The minimum absolute atomic E-state index is 0.0188. The molecule has 178 valence electrons. The molecule has 0 unspecified atom stereocenters. The van der Waals surface area contributed by atoms with E-state index in [1.54, 1.807) is 4.90 Å². The molecule has 7 heteroatoms. The Bertz CT molecular complexity index is 1120. The number of hydrogen-bond acceptors (Lipinski definition) is 4. The normalized spacial score (nSPS) is 15.5. The molecule has 0 radical (unpaired) electrons. The topological polar surface area (TPSA) is 76.5 Å². The van der Waals surface area contributed by atoms with Gasteiger partial charge in [-0.1, -0.05) is 61.9 Å². The Kier molecular flexibility index (Phi) is 7.43. The molecule has 0 saturated carbocycles. The lowest BCUT2D eigenvalue weighted by Crippen LogP contribution is -2.44. The number of ether oxygens (including phenoxy) is 1. The van der Waals surface area contributed by atoms with Crippen molar-refractivity contribution in [1.82, 2.24) is 14.5 Å². The van der Waals surface area contributed by atoms with Crippen LogP contribution in [-0.2, 0) is 14.3 Å². The van der Waals surface area contributed by atoms with Crippen LogP contribution in [0.2, 0.25) is 0 Å². The highest BCUT2D eigenvalue weighted by Gasteiger charge is 2.26. The molecule has 7 nitrogen and oxygen atoms in total. The van der Waals surface area contributed by atoms with Gasteiger partial charge in [0.25, 0.3) is 0 Å². The third-order valence-electron chi connectivity index (χ3n) is 5.93. The highest BCUT2D eigenvalue weighted by Crippen LogP contribution is 2.24. The molecule has 0 bridgehead atoms. The molecule has 1 aromatic heterocycles. The molecule has 1 N–H and O–H groups in total. The molecule has 34 heavy (non-hydrogen) atoms. The minimum Gasteiger partial charge on any atom is -0.376 e. The van der Waals surface area contributed by atoms with E-state index in [9.17, 15) is 9.59 Å². The molecule has 1 fully saturated rings. The fourth-order valence-electron chi connectivity index (χ4n) is 4.09. The van der Waals surface area contributed by atoms with Crippen LogP contribution in [-0.4, -0.2) is 52.1 Å². The smallest absolute Gasteiger partial charge is 0.246 e. The molecule has 2 heterocycles. The summed E-state index contributed by atoms with van der Waals surface area (Å²) < 4.78 is 7.58. The van der Waals surface area contributed by atoms with Gasteiger partial charge in [-0.15, -0.1) is 0 Å². The van der Waals surface area contributed by atoms with Crippen molar-refractivity contribution >= 4 is 17.8 Å². The zero-order valence-corrected chi connectivity index (χ0v) is 20.0. The van der Waals surface area contributed by atoms with Gasteiger partial charge in [-0.25, -0.2) is 4.98 Å². The van der Waals surface area contributed by atoms with Gasteiger partial charge in [0.2, 0.25) is 17.8 Å². The van der Waals surface area contributed by atoms with Crippen molar-refractivity contribution in [3.63, 3.8) is 0 Å². The maximum absolute atomic E-state index is 13.1. The Balaban J connectivity index is 1.58. The molecule has 1 saturated heterocycles. The second-order valence-electron chi connectivity index (χ2n) is 9.08. The first-order valence-electron chi connectivity index (χ1n) is 11.8. The van der Waals surface area contributed by atoms with E-state index in [0.29, 0.717) is 19.1 Å². The summed E-state index contributed by atoms with van der Waals surface area (Å²) in [5.41, 5.74) is 3.75. The van der Waals surface area contributed by atoms with Crippen LogP contribution in [0.25, 0.3) is 16.9 Å². The van der Waals surface area contributed by atoms with Gasteiger partial charge in [-0.05, 0) is 31.9 Å².